The molecule has 2 heterocycles. The number of rotatable bonds is 6. The molecule has 238 valence electrons. The van der Waals surface area contributed by atoms with E-state index in [1.807, 2.05) is 115 Å². The van der Waals surface area contributed by atoms with Gasteiger partial charge in [-0.3, -0.25) is 0 Å². The van der Waals surface area contributed by atoms with Crippen LogP contribution in [0.1, 0.15) is 5.56 Å². The third kappa shape index (κ3) is 5.69. The number of hydrogen-bond acceptors (Lipinski definition) is 6. The van der Waals surface area contributed by atoms with E-state index in [2.05, 4.69) is 48.5 Å². The molecule has 0 radical (unpaired) electrons. The van der Waals surface area contributed by atoms with Crippen LogP contribution >= 0.6 is 0 Å². The van der Waals surface area contributed by atoms with Gasteiger partial charge >= 0.3 is 0 Å². The van der Waals surface area contributed by atoms with E-state index in [1.54, 1.807) is 6.07 Å². The quantitative estimate of drug-likeness (QED) is 0.177. The topological polar surface area (TPSA) is 88.5 Å². The third-order valence-electron chi connectivity index (χ3n) is 8.98. The lowest BCUT2D eigenvalue weighted by atomic mass is 9.97. The molecule has 51 heavy (non-hydrogen) atoms. The Hall–Kier alpha value is -7.23. The summed E-state index contributed by atoms with van der Waals surface area (Å²) in [5.41, 5.74) is 9.59. The summed E-state index contributed by atoms with van der Waals surface area (Å²) in [6.07, 6.45) is 0. The molecule has 6 heteroatoms. The van der Waals surface area contributed by atoms with Gasteiger partial charge in [0.1, 0.15) is 5.52 Å². The van der Waals surface area contributed by atoms with Gasteiger partial charge in [-0.15, -0.1) is 0 Å². The van der Waals surface area contributed by atoms with E-state index < -0.39 is 0 Å². The molecule has 9 rings (SSSR count). The van der Waals surface area contributed by atoms with Gasteiger partial charge in [-0.05, 0) is 64.0 Å². The highest BCUT2D eigenvalue weighted by Crippen LogP contribution is 2.37. The van der Waals surface area contributed by atoms with Crippen LogP contribution in [0, 0.1) is 11.3 Å². The number of hydrogen-bond donors (Lipinski definition) is 0. The predicted octanol–water partition coefficient (Wildman–Crippen LogP) is 11.0. The van der Waals surface area contributed by atoms with Crippen LogP contribution in [-0.4, -0.2) is 19.9 Å². The highest BCUT2D eigenvalue weighted by atomic mass is 16.3. The average Bonchev–Trinajstić information content (AvgIpc) is 3.66. The third-order valence-corrected chi connectivity index (χ3v) is 8.98. The molecule has 0 spiro atoms. The first-order valence-corrected chi connectivity index (χ1v) is 16.6. The molecule has 2 aromatic heterocycles. The van der Waals surface area contributed by atoms with E-state index in [-0.39, 0.29) is 0 Å². The van der Waals surface area contributed by atoms with Crippen LogP contribution in [0.2, 0.25) is 0 Å². The van der Waals surface area contributed by atoms with Crippen LogP contribution in [0.4, 0.5) is 0 Å². The summed E-state index contributed by atoms with van der Waals surface area (Å²) in [6.45, 7) is 0. The molecule has 0 saturated heterocycles. The molecule has 0 aliphatic carbocycles. The first kappa shape index (κ1) is 29.9. The number of aromatic nitrogens is 4. The predicted molar refractivity (Wildman–Crippen MR) is 202 cm³/mol. The summed E-state index contributed by atoms with van der Waals surface area (Å²) in [4.78, 5) is 19.9. The van der Waals surface area contributed by atoms with Crippen LogP contribution in [0.5, 0.6) is 0 Å². The van der Waals surface area contributed by atoms with Crippen LogP contribution in [-0.2, 0) is 0 Å². The molecule has 0 aliphatic heterocycles. The first-order valence-electron chi connectivity index (χ1n) is 16.6. The van der Waals surface area contributed by atoms with E-state index in [1.165, 1.54) is 0 Å². The lowest BCUT2D eigenvalue weighted by Crippen LogP contribution is -2.00. The van der Waals surface area contributed by atoms with Gasteiger partial charge < -0.3 is 4.42 Å². The number of nitriles is 1. The Labute approximate surface area is 294 Å². The van der Waals surface area contributed by atoms with Crippen molar-refractivity contribution in [2.45, 2.75) is 0 Å². The Kier molecular flexibility index (Phi) is 7.42. The second kappa shape index (κ2) is 12.7. The van der Waals surface area contributed by atoms with E-state index in [4.69, 9.17) is 24.4 Å². The number of nitrogens with zero attached hydrogens (tertiary/aromatic N) is 5. The molecule has 7 aromatic carbocycles. The standard InChI is InChI=1S/C45H27N5O/c46-28-29-11-8-15-32(25-29)33-16-9-18-35(26-33)43-48-42(31-13-2-1-3-14-31)49-44(50-43)36-19-10-17-34(27-36)37-20-6-7-22-39(37)45-47-40-24-23-30-12-4-5-21-38(30)41(40)51-45/h1-27H. The average molecular weight is 654 g/mol. The molecule has 0 aliphatic rings. The SMILES string of the molecule is N#Cc1cccc(-c2cccc(-c3nc(-c4ccccc4)nc(-c4cccc(-c5ccccc5-c5nc6ccc7ccccc7c6o5)c4)n3)c2)c1. The molecule has 0 amide bonds. The lowest BCUT2D eigenvalue weighted by molar-refractivity contribution is 0.623. The highest BCUT2D eigenvalue weighted by Gasteiger charge is 2.17. The van der Waals surface area contributed by atoms with Crippen molar-refractivity contribution < 1.29 is 4.42 Å². The summed E-state index contributed by atoms with van der Waals surface area (Å²) in [7, 11) is 0. The number of benzene rings is 7. The fourth-order valence-corrected chi connectivity index (χ4v) is 6.47. The van der Waals surface area contributed by atoms with Gasteiger partial charge in [0.25, 0.3) is 0 Å². The maximum Gasteiger partial charge on any atom is 0.227 e. The Bertz CT molecular complexity index is 2780. The summed E-state index contributed by atoms with van der Waals surface area (Å²) < 4.78 is 6.47. The molecule has 9 aromatic rings. The molecular weight excluding hydrogens is 627 g/mol. The molecule has 0 unspecified atom stereocenters. The molecule has 0 atom stereocenters. The van der Waals surface area contributed by atoms with Crippen molar-refractivity contribution in [3.05, 3.63) is 169 Å². The molecule has 0 N–H and O–H groups in total. The first-order chi connectivity index (χ1) is 25.2. The second-order valence-electron chi connectivity index (χ2n) is 12.2. The van der Waals surface area contributed by atoms with Crippen molar-refractivity contribution in [1.82, 2.24) is 19.9 Å². The van der Waals surface area contributed by atoms with Gasteiger partial charge in [-0.1, -0.05) is 127 Å². The maximum absolute atomic E-state index is 9.46. The van der Waals surface area contributed by atoms with Gasteiger partial charge in [0.05, 0.1) is 11.6 Å². The summed E-state index contributed by atoms with van der Waals surface area (Å²) in [5.74, 6) is 2.26. The Morgan fingerprint density at radius 2 is 1.00 bits per heavy atom. The smallest absolute Gasteiger partial charge is 0.227 e. The molecule has 0 saturated carbocycles. The van der Waals surface area contributed by atoms with Crippen molar-refractivity contribution in [2.24, 2.45) is 0 Å². The summed E-state index contributed by atoms with van der Waals surface area (Å²) >= 11 is 0. The van der Waals surface area contributed by atoms with Gasteiger partial charge in [-0.2, -0.15) is 5.26 Å². The highest BCUT2D eigenvalue weighted by molar-refractivity contribution is 6.03. The number of fused-ring (bicyclic) bond motifs is 3. The molecule has 6 nitrogen and oxygen atoms in total. The normalized spacial score (nSPS) is 11.1. The maximum atomic E-state index is 9.46. The zero-order valence-corrected chi connectivity index (χ0v) is 27.2. The summed E-state index contributed by atoms with van der Waals surface area (Å²) in [6, 6.07) is 56.5. The van der Waals surface area contributed by atoms with Crippen molar-refractivity contribution in [2.75, 3.05) is 0 Å². The monoisotopic (exact) mass is 653 g/mol. The largest absolute Gasteiger partial charge is 0.435 e. The minimum Gasteiger partial charge on any atom is -0.435 e. The Morgan fingerprint density at radius 1 is 0.431 bits per heavy atom. The molecule has 0 bridgehead atoms. The second-order valence-corrected chi connectivity index (χ2v) is 12.2. The zero-order chi connectivity index (χ0) is 34.1. The van der Waals surface area contributed by atoms with Crippen molar-refractivity contribution in [3.63, 3.8) is 0 Å². The zero-order valence-electron chi connectivity index (χ0n) is 27.2. The Balaban J connectivity index is 1.15. The van der Waals surface area contributed by atoms with Gasteiger partial charge in [-0.25, -0.2) is 19.9 Å². The van der Waals surface area contributed by atoms with Crippen LogP contribution < -0.4 is 0 Å². The van der Waals surface area contributed by atoms with Gasteiger partial charge in [0, 0.05) is 27.6 Å². The minimum absolute atomic E-state index is 0.557. The van der Waals surface area contributed by atoms with E-state index in [9.17, 15) is 5.26 Å². The van der Waals surface area contributed by atoms with E-state index >= 15 is 0 Å². The van der Waals surface area contributed by atoms with Crippen molar-refractivity contribution in [3.8, 4) is 73.9 Å². The van der Waals surface area contributed by atoms with Crippen LogP contribution in [0.25, 0.3) is 89.7 Å². The van der Waals surface area contributed by atoms with Crippen LogP contribution in [0.15, 0.2) is 168 Å². The summed E-state index contributed by atoms with van der Waals surface area (Å²) in [5, 5.41) is 11.6. The lowest BCUT2D eigenvalue weighted by Gasteiger charge is -2.11. The fourth-order valence-electron chi connectivity index (χ4n) is 6.47. The van der Waals surface area contributed by atoms with Gasteiger partial charge in [0.15, 0.2) is 23.1 Å². The Morgan fingerprint density at radius 3 is 1.76 bits per heavy atom. The fraction of sp³-hybridized carbons (Fsp3) is 0. The van der Waals surface area contributed by atoms with Crippen LogP contribution in [0.3, 0.4) is 0 Å². The number of oxazole rings is 1. The van der Waals surface area contributed by atoms with Gasteiger partial charge in [0.2, 0.25) is 5.89 Å². The van der Waals surface area contributed by atoms with Crippen molar-refractivity contribution >= 4 is 21.9 Å². The van der Waals surface area contributed by atoms with E-state index in [0.717, 1.165) is 66.4 Å². The van der Waals surface area contributed by atoms with Crippen molar-refractivity contribution in [1.29, 1.82) is 5.26 Å². The molecular formula is C45H27N5O. The van der Waals surface area contributed by atoms with E-state index in [0.29, 0.717) is 28.9 Å². The minimum atomic E-state index is 0.557. The molecule has 0 fully saturated rings.